The number of fused-ring (bicyclic) bond motifs is 1. The van der Waals surface area contributed by atoms with Crippen LogP contribution in [0.4, 0.5) is 0 Å². The fraction of sp³-hybridized carbons (Fsp3) is 0.429. The van der Waals surface area contributed by atoms with E-state index in [4.69, 9.17) is 4.74 Å². The number of ketones is 2. The van der Waals surface area contributed by atoms with E-state index in [1.165, 1.54) is 0 Å². The second kappa shape index (κ2) is 10.2. The molecule has 1 aliphatic heterocycles. The van der Waals surface area contributed by atoms with Crippen LogP contribution in [0, 0.1) is 0 Å². The van der Waals surface area contributed by atoms with E-state index in [1.54, 1.807) is 28.7 Å². The molecule has 2 heterocycles. The lowest BCUT2D eigenvalue weighted by Gasteiger charge is -2.08. The number of nitrogens with zero attached hydrogens (tertiary/aromatic N) is 1. The molecule has 144 valence electrons. The number of hydrogen-bond acceptors (Lipinski definition) is 5. The molecule has 0 fully saturated rings. The van der Waals surface area contributed by atoms with Gasteiger partial charge in [0.15, 0.2) is 0 Å². The van der Waals surface area contributed by atoms with Gasteiger partial charge in [-0.2, -0.15) is 0 Å². The maximum absolute atomic E-state index is 12.7. The van der Waals surface area contributed by atoms with E-state index in [9.17, 15) is 9.59 Å². The number of benzene rings is 1. The van der Waals surface area contributed by atoms with Crippen molar-refractivity contribution in [3.8, 4) is 0 Å². The van der Waals surface area contributed by atoms with Crippen LogP contribution >= 0.6 is 21.6 Å². The first-order valence-corrected chi connectivity index (χ1v) is 11.8. The molecule has 0 amide bonds. The lowest BCUT2D eigenvalue weighted by atomic mass is 9.96. The Morgan fingerprint density at radius 2 is 1.89 bits per heavy atom. The van der Waals surface area contributed by atoms with Gasteiger partial charge in [0, 0.05) is 42.8 Å². The predicted octanol–water partition coefficient (Wildman–Crippen LogP) is 4.58. The van der Waals surface area contributed by atoms with Crippen molar-refractivity contribution < 1.29 is 14.3 Å². The molecule has 1 aromatic carbocycles. The molecule has 0 N–H and O–H groups in total. The van der Waals surface area contributed by atoms with Crippen molar-refractivity contribution in [2.75, 3.05) is 25.2 Å². The van der Waals surface area contributed by atoms with Gasteiger partial charge in [-0.15, -0.1) is 0 Å². The normalized spacial score (nSPS) is 15.7. The molecule has 1 aromatic heterocycles. The van der Waals surface area contributed by atoms with Gasteiger partial charge in [0.05, 0.1) is 18.2 Å². The van der Waals surface area contributed by atoms with Gasteiger partial charge in [-0.3, -0.25) is 9.59 Å². The van der Waals surface area contributed by atoms with Gasteiger partial charge in [-0.05, 0) is 25.0 Å². The Morgan fingerprint density at radius 1 is 1.11 bits per heavy atom. The van der Waals surface area contributed by atoms with Crippen molar-refractivity contribution in [1.29, 1.82) is 0 Å². The van der Waals surface area contributed by atoms with Crippen LogP contribution in [-0.4, -0.2) is 41.4 Å². The second-order valence-corrected chi connectivity index (χ2v) is 9.24. The van der Waals surface area contributed by atoms with Crippen molar-refractivity contribution in [2.45, 2.75) is 31.7 Å². The van der Waals surface area contributed by atoms with E-state index >= 15 is 0 Å². The van der Waals surface area contributed by atoms with E-state index in [2.05, 4.69) is 0 Å². The van der Waals surface area contributed by atoms with Gasteiger partial charge in [-0.1, -0.05) is 51.9 Å². The molecule has 0 aliphatic carbocycles. The third-order valence-corrected chi connectivity index (χ3v) is 7.23. The Labute approximate surface area is 168 Å². The van der Waals surface area contributed by atoms with Crippen molar-refractivity contribution in [3.05, 3.63) is 59.4 Å². The summed E-state index contributed by atoms with van der Waals surface area (Å²) in [6.07, 6.45) is 2.31. The smallest absolute Gasteiger partial charge is 0.209 e. The van der Waals surface area contributed by atoms with Crippen LogP contribution < -0.4 is 0 Å². The van der Waals surface area contributed by atoms with Gasteiger partial charge >= 0.3 is 0 Å². The van der Waals surface area contributed by atoms with Crippen molar-refractivity contribution in [2.24, 2.45) is 0 Å². The summed E-state index contributed by atoms with van der Waals surface area (Å²) in [5.74, 6) is 2.22. The average molecular weight is 404 g/mol. The number of carbonyl (C=O) groups excluding carboxylic acids is 2. The Balaban J connectivity index is 1.54. The molecule has 0 saturated heterocycles. The van der Waals surface area contributed by atoms with Crippen molar-refractivity contribution >= 4 is 33.2 Å². The number of Topliss-reactive ketones (excluding diaryl/α,β-unsaturated/α-hetero) is 1. The first kappa shape index (κ1) is 20.2. The van der Waals surface area contributed by atoms with Gasteiger partial charge in [0.2, 0.25) is 5.78 Å². The highest BCUT2D eigenvalue weighted by Crippen LogP contribution is 2.33. The lowest BCUT2D eigenvalue weighted by molar-refractivity contribution is -0.120. The van der Waals surface area contributed by atoms with Crippen LogP contribution in [0.1, 0.15) is 46.9 Å². The summed E-state index contributed by atoms with van der Waals surface area (Å²) in [6.45, 7) is 1.51. The molecule has 0 radical (unpaired) electrons. The molecular weight excluding hydrogens is 378 g/mol. The number of aromatic nitrogens is 1. The maximum Gasteiger partial charge on any atom is 0.209 e. The predicted molar refractivity (Wildman–Crippen MR) is 113 cm³/mol. The highest BCUT2D eigenvalue weighted by Gasteiger charge is 2.31. The Morgan fingerprint density at radius 3 is 2.67 bits per heavy atom. The average Bonchev–Trinajstić information content (AvgIpc) is 3.29. The minimum Gasteiger partial charge on any atom is -0.384 e. The van der Waals surface area contributed by atoms with E-state index in [1.807, 2.05) is 47.0 Å². The van der Waals surface area contributed by atoms with E-state index in [-0.39, 0.29) is 11.7 Å². The first-order valence-electron chi connectivity index (χ1n) is 9.27. The van der Waals surface area contributed by atoms with E-state index < -0.39 is 0 Å². The fourth-order valence-corrected chi connectivity index (χ4v) is 5.42. The summed E-state index contributed by atoms with van der Waals surface area (Å²) in [5.41, 5.74) is 2.38. The number of ether oxygens (including phenoxy) is 1. The standard InChI is InChI=1S/C21H25NO3S2/c1-25-13-15-27-26-14-5-8-20(23)17-11-12-22-18(17)9-10-19(22)21(24)16-6-3-2-4-7-16/h2-4,6-7,9-10,17H,5,8,11-15H2,1H3. The Bertz CT molecular complexity index is 773. The quantitative estimate of drug-likeness (QED) is 0.312. The third kappa shape index (κ3) is 5.06. The molecule has 3 rings (SSSR count). The minimum atomic E-state index is -0.0616. The summed E-state index contributed by atoms with van der Waals surface area (Å²) in [4.78, 5) is 25.4. The van der Waals surface area contributed by atoms with Crippen molar-refractivity contribution in [3.63, 3.8) is 0 Å². The zero-order chi connectivity index (χ0) is 19.1. The summed E-state index contributed by atoms with van der Waals surface area (Å²) in [5, 5.41) is 0. The molecule has 1 atom stereocenters. The molecule has 27 heavy (non-hydrogen) atoms. The topological polar surface area (TPSA) is 48.3 Å². The zero-order valence-electron chi connectivity index (χ0n) is 15.6. The van der Waals surface area contributed by atoms with Gasteiger partial charge < -0.3 is 9.30 Å². The van der Waals surface area contributed by atoms with Crippen LogP contribution in [0.15, 0.2) is 42.5 Å². The molecule has 0 bridgehead atoms. The van der Waals surface area contributed by atoms with Crippen molar-refractivity contribution in [1.82, 2.24) is 4.57 Å². The van der Waals surface area contributed by atoms with Crippen LogP contribution in [0.25, 0.3) is 0 Å². The molecule has 1 aliphatic rings. The molecule has 0 saturated carbocycles. The SMILES string of the molecule is COCCSSCCCC(=O)C1CCn2c(C(=O)c3ccccc3)ccc21. The van der Waals surface area contributed by atoms with Crippen LogP contribution in [0.3, 0.4) is 0 Å². The molecule has 0 spiro atoms. The number of carbonyl (C=O) groups is 2. The zero-order valence-corrected chi connectivity index (χ0v) is 17.2. The van der Waals surface area contributed by atoms with Crippen LogP contribution in [-0.2, 0) is 16.1 Å². The maximum atomic E-state index is 12.7. The summed E-state index contributed by atoms with van der Waals surface area (Å²) in [6, 6.07) is 13.2. The summed E-state index contributed by atoms with van der Waals surface area (Å²) >= 11 is 0. The highest BCUT2D eigenvalue weighted by atomic mass is 33.1. The molecular formula is C21H25NO3S2. The van der Waals surface area contributed by atoms with Crippen LogP contribution in [0.2, 0.25) is 0 Å². The number of hydrogen-bond donors (Lipinski definition) is 0. The molecule has 2 aromatic rings. The third-order valence-electron chi connectivity index (χ3n) is 4.78. The Kier molecular flexibility index (Phi) is 7.61. The molecule has 1 unspecified atom stereocenters. The van der Waals surface area contributed by atoms with E-state index in [0.29, 0.717) is 23.5 Å². The monoisotopic (exact) mass is 403 g/mol. The number of rotatable bonds is 11. The van der Waals surface area contributed by atoms with Crippen LogP contribution in [0.5, 0.6) is 0 Å². The fourth-order valence-electron chi connectivity index (χ4n) is 3.42. The van der Waals surface area contributed by atoms with Gasteiger partial charge in [0.1, 0.15) is 5.78 Å². The minimum absolute atomic E-state index is 0.0273. The molecule has 4 nitrogen and oxygen atoms in total. The largest absolute Gasteiger partial charge is 0.384 e. The second-order valence-electron chi connectivity index (χ2n) is 6.54. The van der Waals surface area contributed by atoms with Gasteiger partial charge in [-0.25, -0.2) is 0 Å². The van der Waals surface area contributed by atoms with E-state index in [0.717, 1.165) is 43.2 Å². The first-order chi connectivity index (χ1) is 13.2. The summed E-state index contributed by atoms with van der Waals surface area (Å²) < 4.78 is 7.05. The molecule has 6 heteroatoms. The number of methoxy groups -OCH3 is 1. The van der Waals surface area contributed by atoms with Gasteiger partial charge in [0.25, 0.3) is 0 Å². The lowest BCUT2D eigenvalue weighted by Crippen LogP contribution is -2.11. The highest BCUT2D eigenvalue weighted by molar-refractivity contribution is 8.76. The Hall–Kier alpha value is -1.50. The summed E-state index contributed by atoms with van der Waals surface area (Å²) in [7, 11) is 5.31.